The monoisotopic (exact) mass is 299 g/mol. The second-order valence-electron chi connectivity index (χ2n) is 3.62. The fourth-order valence-corrected chi connectivity index (χ4v) is 2.11. The Morgan fingerprint density at radius 3 is 2.69 bits per heavy atom. The van der Waals surface area contributed by atoms with E-state index in [0.717, 1.165) is 26.4 Å². The largest absolute Gasteiger partial charge is 0.466 e. The van der Waals surface area contributed by atoms with Gasteiger partial charge in [0.15, 0.2) is 0 Å². The van der Waals surface area contributed by atoms with Crippen LogP contribution in [0, 0.1) is 6.92 Å². The highest BCUT2D eigenvalue weighted by Gasteiger charge is 2.16. The molecule has 0 radical (unpaired) electrons. The molecule has 1 atom stereocenters. The van der Waals surface area contributed by atoms with Crippen LogP contribution in [0.4, 0.5) is 0 Å². The summed E-state index contributed by atoms with van der Waals surface area (Å²) in [4.78, 5) is 0. The topological polar surface area (TPSA) is 39.2 Å². The molecular formula is C12H11BrClNO. The van der Waals surface area contributed by atoms with Crippen molar-refractivity contribution in [3.05, 3.63) is 56.9 Å². The van der Waals surface area contributed by atoms with Gasteiger partial charge in [0, 0.05) is 5.02 Å². The quantitative estimate of drug-likeness (QED) is 0.908. The van der Waals surface area contributed by atoms with Crippen LogP contribution in [0.3, 0.4) is 0 Å². The molecule has 1 aromatic carbocycles. The Labute approximate surface area is 108 Å². The molecule has 1 unspecified atom stereocenters. The highest BCUT2D eigenvalue weighted by atomic mass is 79.9. The fraction of sp³-hybridized carbons (Fsp3) is 0.167. The Morgan fingerprint density at radius 1 is 1.38 bits per heavy atom. The van der Waals surface area contributed by atoms with E-state index in [4.69, 9.17) is 21.8 Å². The molecule has 0 aliphatic heterocycles. The van der Waals surface area contributed by atoms with Crippen molar-refractivity contribution >= 4 is 27.5 Å². The van der Waals surface area contributed by atoms with Gasteiger partial charge < -0.3 is 10.2 Å². The van der Waals surface area contributed by atoms with Gasteiger partial charge in [0.1, 0.15) is 5.76 Å². The molecule has 2 aromatic rings. The van der Waals surface area contributed by atoms with E-state index in [1.807, 2.05) is 31.2 Å². The maximum absolute atomic E-state index is 6.11. The summed E-state index contributed by atoms with van der Waals surface area (Å²) in [6.07, 6.45) is 1.61. The summed E-state index contributed by atoms with van der Waals surface area (Å²) in [5.74, 6) is 0.724. The number of halogens is 2. The highest BCUT2D eigenvalue weighted by molar-refractivity contribution is 9.10. The summed E-state index contributed by atoms with van der Waals surface area (Å²) in [6, 6.07) is 7.29. The van der Waals surface area contributed by atoms with E-state index in [0.29, 0.717) is 0 Å². The van der Waals surface area contributed by atoms with Gasteiger partial charge in [-0.25, -0.2) is 0 Å². The van der Waals surface area contributed by atoms with Crippen molar-refractivity contribution in [1.29, 1.82) is 0 Å². The van der Waals surface area contributed by atoms with Crippen LogP contribution in [0.15, 0.2) is 39.4 Å². The van der Waals surface area contributed by atoms with Gasteiger partial charge in [-0.1, -0.05) is 23.7 Å². The normalized spacial score (nSPS) is 12.8. The summed E-state index contributed by atoms with van der Waals surface area (Å²) in [6.45, 7) is 1.95. The van der Waals surface area contributed by atoms with Crippen LogP contribution in [-0.2, 0) is 0 Å². The standard InChI is InChI=1S/C12H11BrClNO/c1-7-6-8(2-3-10(7)14)11(15)12-9(13)4-5-16-12/h2-6,11H,15H2,1H3. The van der Waals surface area contributed by atoms with Crippen molar-refractivity contribution < 1.29 is 4.42 Å². The van der Waals surface area contributed by atoms with E-state index in [-0.39, 0.29) is 6.04 Å². The minimum atomic E-state index is -0.277. The summed E-state index contributed by atoms with van der Waals surface area (Å²) >= 11 is 9.37. The summed E-state index contributed by atoms with van der Waals surface area (Å²) in [7, 11) is 0. The molecule has 84 valence electrons. The van der Waals surface area contributed by atoms with Gasteiger partial charge in [-0.3, -0.25) is 0 Å². The molecule has 0 saturated carbocycles. The van der Waals surface area contributed by atoms with Gasteiger partial charge in [-0.2, -0.15) is 0 Å². The van der Waals surface area contributed by atoms with Gasteiger partial charge in [0.05, 0.1) is 16.8 Å². The Balaban J connectivity index is 2.38. The third-order valence-corrected chi connectivity index (χ3v) is 3.55. The number of hydrogen-bond donors (Lipinski definition) is 1. The molecule has 1 heterocycles. The van der Waals surface area contributed by atoms with E-state index >= 15 is 0 Å². The maximum Gasteiger partial charge on any atom is 0.139 e. The van der Waals surface area contributed by atoms with Crippen molar-refractivity contribution in [2.24, 2.45) is 5.73 Å². The minimum Gasteiger partial charge on any atom is -0.466 e. The Morgan fingerprint density at radius 2 is 2.12 bits per heavy atom. The Hall–Kier alpha value is -0.770. The number of aryl methyl sites for hydroxylation is 1. The fourth-order valence-electron chi connectivity index (χ4n) is 1.54. The van der Waals surface area contributed by atoms with Crippen LogP contribution in [0.1, 0.15) is 22.9 Å². The molecule has 4 heteroatoms. The molecule has 0 aliphatic rings. The SMILES string of the molecule is Cc1cc(C(N)c2occc2Br)ccc1Cl. The van der Waals surface area contributed by atoms with Crippen LogP contribution < -0.4 is 5.73 Å². The zero-order valence-corrected chi connectivity index (χ0v) is 11.0. The molecule has 2 N–H and O–H groups in total. The summed E-state index contributed by atoms with van der Waals surface area (Å²) in [5.41, 5.74) is 8.11. The summed E-state index contributed by atoms with van der Waals surface area (Å²) in [5, 5.41) is 0.745. The maximum atomic E-state index is 6.11. The number of furan rings is 1. The highest BCUT2D eigenvalue weighted by Crippen LogP contribution is 2.29. The van der Waals surface area contributed by atoms with Gasteiger partial charge in [-0.05, 0) is 46.1 Å². The van der Waals surface area contributed by atoms with Gasteiger partial charge >= 0.3 is 0 Å². The lowest BCUT2D eigenvalue weighted by Gasteiger charge is -2.11. The molecule has 0 saturated heterocycles. The van der Waals surface area contributed by atoms with E-state index in [9.17, 15) is 0 Å². The molecule has 2 rings (SSSR count). The smallest absolute Gasteiger partial charge is 0.139 e. The summed E-state index contributed by atoms with van der Waals surface area (Å²) < 4.78 is 6.23. The molecular weight excluding hydrogens is 289 g/mol. The number of hydrogen-bond acceptors (Lipinski definition) is 2. The van der Waals surface area contributed by atoms with Gasteiger partial charge in [0.25, 0.3) is 0 Å². The first kappa shape index (κ1) is 11.7. The van der Waals surface area contributed by atoms with Crippen LogP contribution in [0.2, 0.25) is 5.02 Å². The molecule has 2 nitrogen and oxygen atoms in total. The van der Waals surface area contributed by atoms with Crippen molar-refractivity contribution in [3.63, 3.8) is 0 Å². The predicted molar refractivity (Wildman–Crippen MR) is 68.6 cm³/mol. The molecule has 0 spiro atoms. The average Bonchev–Trinajstić information content (AvgIpc) is 2.67. The lowest BCUT2D eigenvalue weighted by molar-refractivity contribution is 0.487. The zero-order valence-electron chi connectivity index (χ0n) is 8.71. The molecule has 0 fully saturated rings. The third kappa shape index (κ3) is 2.17. The van der Waals surface area contributed by atoms with E-state index < -0.39 is 0 Å². The van der Waals surface area contributed by atoms with Crippen LogP contribution in [0.25, 0.3) is 0 Å². The Kier molecular flexibility index (Phi) is 3.38. The van der Waals surface area contributed by atoms with E-state index in [2.05, 4.69) is 15.9 Å². The van der Waals surface area contributed by atoms with Crippen molar-refractivity contribution in [3.8, 4) is 0 Å². The van der Waals surface area contributed by atoms with E-state index in [1.54, 1.807) is 6.26 Å². The number of rotatable bonds is 2. The van der Waals surface area contributed by atoms with Crippen LogP contribution >= 0.6 is 27.5 Å². The second-order valence-corrected chi connectivity index (χ2v) is 4.88. The minimum absolute atomic E-state index is 0.277. The van der Waals surface area contributed by atoms with Crippen molar-refractivity contribution in [2.45, 2.75) is 13.0 Å². The second kappa shape index (κ2) is 4.62. The van der Waals surface area contributed by atoms with Crippen molar-refractivity contribution in [1.82, 2.24) is 0 Å². The molecule has 0 aliphatic carbocycles. The van der Waals surface area contributed by atoms with Crippen molar-refractivity contribution in [2.75, 3.05) is 0 Å². The van der Waals surface area contributed by atoms with Gasteiger partial charge in [-0.15, -0.1) is 0 Å². The third-order valence-electron chi connectivity index (χ3n) is 2.47. The average molecular weight is 301 g/mol. The number of benzene rings is 1. The van der Waals surface area contributed by atoms with Gasteiger partial charge in [0.2, 0.25) is 0 Å². The molecule has 1 aromatic heterocycles. The Bertz CT molecular complexity index is 509. The first-order valence-electron chi connectivity index (χ1n) is 4.84. The van der Waals surface area contributed by atoms with E-state index in [1.165, 1.54) is 0 Å². The predicted octanol–water partition coefficient (Wildman–Crippen LogP) is 4.05. The zero-order chi connectivity index (χ0) is 11.7. The first-order valence-corrected chi connectivity index (χ1v) is 6.01. The molecule has 16 heavy (non-hydrogen) atoms. The van der Waals surface area contributed by atoms with Crippen LogP contribution in [-0.4, -0.2) is 0 Å². The van der Waals surface area contributed by atoms with Crippen LogP contribution in [0.5, 0.6) is 0 Å². The first-order chi connectivity index (χ1) is 7.59. The number of nitrogens with two attached hydrogens (primary N) is 1. The molecule has 0 bridgehead atoms. The lowest BCUT2D eigenvalue weighted by Crippen LogP contribution is -2.11. The lowest BCUT2D eigenvalue weighted by atomic mass is 10.0. The molecule has 0 amide bonds.